The van der Waals surface area contributed by atoms with E-state index in [-0.39, 0.29) is 17.5 Å². The molecule has 1 aromatic heterocycles. The molecular weight excluding hydrogens is 382 g/mol. The Morgan fingerprint density at radius 1 is 1.24 bits per heavy atom. The number of fused-ring (bicyclic) bond motifs is 1. The van der Waals surface area contributed by atoms with E-state index in [2.05, 4.69) is 11.9 Å². The monoisotopic (exact) mass is 407 g/mol. The molecule has 1 atom stereocenters. The summed E-state index contributed by atoms with van der Waals surface area (Å²) < 4.78 is 1.85. The van der Waals surface area contributed by atoms with Crippen molar-refractivity contribution >= 4 is 29.0 Å². The predicted octanol–water partition coefficient (Wildman–Crippen LogP) is 4.54. The van der Waals surface area contributed by atoms with Crippen LogP contribution in [0.2, 0.25) is 0 Å². The third kappa shape index (κ3) is 3.42. The molecule has 29 heavy (non-hydrogen) atoms. The molecule has 1 unspecified atom stereocenters. The van der Waals surface area contributed by atoms with Crippen LogP contribution in [-0.4, -0.2) is 33.4 Å². The highest BCUT2D eigenvalue weighted by Crippen LogP contribution is 2.35. The van der Waals surface area contributed by atoms with Crippen molar-refractivity contribution in [3.63, 3.8) is 0 Å². The van der Waals surface area contributed by atoms with Crippen molar-refractivity contribution in [2.75, 3.05) is 7.05 Å². The van der Waals surface area contributed by atoms with Gasteiger partial charge in [-0.3, -0.25) is 14.2 Å². The molecular formula is C23H25N3O2S. The van der Waals surface area contributed by atoms with Gasteiger partial charge in [-0.25, -0.2) is 0 Å². The molecule has 1 amide bonds. The third-order valence-electron chi connectivity index (χ3n) is 6.20. The Kier molecular flexibility index (Phi) is 4.90. The molecule has 3 aromatic rings. The quantitative estimate of drug-likeness (QED) is 0.646. The number of hydrogen-bond acceptors (Lipinski definition) is 3. The van der Waals surface area contributed by atoms with E-state index in [9.17, 15) is 9.59 Å². The second kappa shape index (κ2) is 7.26. The molecule has 0 radical (unpaired) electrons. The Hall–Kier alpha value is -2.73. The first-order chi connectivity index (χ1) is 13.8. The highest BCUT2D eigenvalue weighted by Gasteiger charge is 2.32. The lowest BCUT2D eigenvalue weighted by atomic mass is 10.1. The zero-order valence-electron chi connectivity index (χ0n) is 17.2. The average molecular weight is 408 g/mol. The Bertz CT molecular complexity index is 1240. The van der Waals surface area contributed by atoms with Crippen molar-refractivity contribution in [3.8, 4) is 5.69 Å². The van der Waals surface area contributed by atoms with E-state index < -0.39 is 0 Å². The van der Waals surface area contributed by atoms with Crippen LogP contribution in [0.15, 0.2) is 41.2 Å². The molecule has 0 aliphatic heterocycles. The molecule has 0 saturated heterocycles. The minimum atomic E-state index is -0.184. The molecule has 1 aliphatic rings. The summed E-state index contributed by atoms with van der Waals surface area (Å²) >= 11 is 5.51. The second-order valence-corrected chi connectivity index (χ2v) is 8.43. The Morgan fingerprint density at radius 3 is 2.66 bits per heavy atom. The van der Waals surface area contributed by atoms with Gasteiger partial charge >= 0.3 is 0 Å². The van der Waals surface area contributed by atoms with Gasteiger partial charge in [-0.15, -0.1) is 0 Å². The first-order valence-electron chi connectivity index (χ1n) is 9.92. The summed E-state index contributed by atoms with van der Waals surface area (Å²) in [5.74, 6) is 0.560. The predicted molar refractivity (Wildman–Crippen MR) is 118 cm³/mol. The number of hydrogen-bond donors (Lipinski definition) is 1. The SMILES string of the molecule is Cc1cccc(-n2c(=S)[nH]c3cc(C(=O)N(C)C(C)C4CC4)ccc3c2=O)c1C. The number of nitrogens with zero attached hydrogens (tertiary/aromatic N) is 2. The van der Waals surface area contributed by atoms with E-state index in [1.54, 1.807) is 23.1 Å². The lowest BCUT2D eigenvalue weighted by Gasteiger charge is -2.25. The van der Waals surface area contributed by atoms with Gasteiger partial charge in [-0.1, -0.05) is 12.1 Å². The van der Waals surface area contributed by atoms with Crippen LogP contribution >= 0.6 is 12.2 Å². The molecule has 6 heteroatoms. The third-order valence-corrected chi connectivity index (χ3v) is 6.48. The molecule has 150 valence electrons. The molecule has 1 saturated carbocycles. The first kappa shape index (κ1) is 19.6. The number of H-pyrrole nitrogens is 1. The average Bonchev–Trinajstić information content (AvgIpc) is 3.54. The second-order valence-electron chi connectivity index (χ2n) is 8.04. The van der Waals surface area contributed by atoms with Gasteiger partial charge in [0.15, 0.2) is 4.77 Å². The van der Waals surface area contributed by atoms with E-state index in [0.717, 1.165) is 16.8 Å². The van der Waals surface area contributed by atoms with Crippen molar-refractivity contribution in [3.05, 3.63) is 68.2 Å². The van der Waals surface area contributed by atoms with E-state index in [4.69, 9.17) is 12.2 Å². The van der Waals surface area contributed by atoms with Gasteiger partial charge in [0.1, 0.15) is 0 Å². The zero-order chi connectivity index (χ0) is 20.9. The Morgan fingerprint density at radius 2 is 1.97 bits per heavy atom. The summed E-state index contributed by atoms with van der Waals surface area (Å²) in [6.45, 7) is 6.08. The largest absolute Gasteiger partial charge is 0.339 e. The van der Waals surface area contributed by atoms with Gasteiger partial charge in [-0.05, 0) is 87.1 Å². The fourth-order valence-electron chi connectivity index (χ4n) is 3.83. The zero-order valence-corrected chi connectivity index (χ0v) is 18.0. The lowest BCUT2D eigenvalue weighted by molar-refractivity contribution is 0.0727. The van der Waals surface area contributed by atoms with Crippen LogP contribution in [0.1, 0.15) is 41.3 Å². The van der Waals surface area contributed by atoms with Crippen molar-refractivity contribution in [1.82, 2.24) is 14.5 Å². The van der Waals surface area contributed by atoms with Crippen LogP contribution in [-0.2, 0) is 0 Å². The molecule has 1 N–H and O–H groups in total. The van der Waals surface area contributed by atoms with Crippen LogP contribution in [0.25, 0.3) is 16.6 Å². The highest BCUT2D eigenvalue weighted by molar-refractivity contribution is 7.71. The maximum Gasteiger partial charge on any atom is 0.266 e. The normalized spacial score (nSPS) is 14.8. The van der Waals surface area contributed by atoms with E-state index in [0.29, 0.717) is 27.2 Å². The van der Waals surface area contributed by atoms with E-state index in [1.165, 1.54) is 17.4 Å². The number of carbonyl (C=O) groups excluding carboxylic acids is 1. The Labute approximate surface area is 175 Å². The fraction of sp³-hybridized carbons (Fsp3) is 0.348. The van der Waals surface area contributed by atoms with Crippen LogP contribution in [0, 0.1) is 24.5 Å². The minimum absolute atomic E-state index is 0.0377. The number of nitrogens with one attached hydrogen (secondary N) is 1. The molecule has 4 rings (SSSR count). The summed E-state index contributed by atoms with van der Waals surface area (Å²) in [5, 5.41) is 0.508. The number of carbonyl (C=O) groups is 1. The summed E-state index contributed by atoms with van der Waals surface area (Å²) in [5.41, 5.74) is 3.84. The maximum atomic E-state index is 13.2. The first-order valence-corrected chi connectivity index (χ1v) is 10.3. The summed E-state index contributed by atoms with van der Waals surface area (Å²) in [4.78, 5) is 31.1. The fourth-order valence-corrected chi connectivity index (χ4v) is 4.12. The smallest absolute Gasteiger partial charge is 0.266 e. The van der Waals surface area contributed by atoms with Crippen molar-refractivity contribution in [1.29, 1.82) is 0 Å². The summed E-state index contributed by atoms with van der Waals surface area (Å²) in [6, 6.07) is 11.2. The summed E-state index contributed by atoms with van der Waals surface area (Å²) in [6.07, 6.45) is 2.36. The number of amides is 1. The molecule has 2 aromatic carbocycles. The number of benzene rings is 2. The van der Waals surface area contributed by atoms with Crippen LogP contribution in [0.3, 0.4) is 0 Å². The van der Waals surface area contributed by atoms with Gasteiger partial charge in [0.2, 0.25) is 0 Å². The van der Waals surface area contributed by atoms with Crippen LogP contribution in [0.5, 0.6) is 0 Å². The standard InChI is InChI=1S/C23H25N3O2S/c1-13-6-5-7-20(14(13)2)26-22(28)18-11-10-17(12-19(18)24-23(26)29)21(27)25(4)15(3)16-8-9-16/h5-7,10-12,15-16H,8-9H2,1-4H3,(H,24,29). The van der Waals surface area contributed by atoms with Crippen LogP contribution in [0.4, 0.5) is 0 Å². The topological polar surface area (TPSA) is 58.1 Å². The van der Waals surface area contributed by atoms with Gasteiger partial charge in [0.25, 0.3) is 11.5 Å². The molecule has 0 bridgehead atoms. The molecule has 1 heterocycles. The maximum absolute atomic E-state index is 13.2. The van der Waals surface area contributed by atoms with Gasteiger partial charge in [0, 0.05) is 18.7 Å². The van der Waals surface area contributed by atoms with E-state index >= 15 is 0 Å². The lowest BCUT2D eigenvalue weighted by Crippen LogP contribution is -2.36. The number of aromatic amines is 1. The molecule has 5 nitrogen and oxygen atoms in total. The molecule has 0 spiro atoms. The number of aryl methyl sites for hydroxylation is 1. The van der Waals surface area contributed by atoms with Crippen molar-refractivity contribution in [2.24, 2.45) is 5.92 Å². The highest BCUT2D eigenvalue weighted by atomic mass is 32.1. The number of aromatic nitrogens is 2. The van der Waals surface area contributed by atoms with Gasteiger partial charge < -0.3 is 9.88 Å². The summed E-state index contributed by atoms with van der Waals surface area (Å²) in [7, 11) is 1.84. The minimum Gasteiger partial charge on any atom is -0.339 e. The molecule has 1 fully saturated rings. The van der Waals surface area contributed by atoms with Crippen LogP contribution < -0.4 is 5.56 Å². The van der Waals surface area contributed by atoms with Crippen molar-refractivity contribution < 1.29 is 4.79 Å². The number of rotatable bonds is 4. The van der Waals surface area contributed by atoms with E-state index in [1.807, 2.05) is 39.1 Å². The Balaban J connectivity index is 1.80. The van der Waals surface area contributed by atoms with Crippen molar-refractivity contribution in [2.45, 2.75) is 39.7 Å². The molecule has 1 aliphatic carbocycles. The van der Waals surface area contributed by atoms with Gasteiger partial charge in [-0.2, -0.15) is 0 Å². The van der Waals surface area contributed by atoms with Gasteiger partial charge in [0.05, 0.1) is 16.6 Å².